The molecule has 1 atom stereocenters. The number of alkyl halides is 3. The highest BCUT2D eigenvalue weighted by molar-refractivity contribution is 6.47. The van der Waals surface area contributed by atoms with Gasteiger partial charge in [-0.2, -0.15) is 13.2 Å². The van der Waals surface area contributed by atoms with Crippen molar-refractivity contribution in [3.63, 3.8) is 0 Å². The molecule has 9 nitrogen and oxygen atoms in total. The van der Waals surface area contributed by atoms with Gasteiger partial charge >= 0.3 is 19.3 Å². The van der Waals surface area contributed by atoms with E-state index in [9.17, 15) is 37.4 Å². The third kappa shape index (κ3) is 4.60. The van der Waals surface area contributed by atoms with Crippen LogP contribution in [0.5, 0.6) is 5.75 Å². The minimum absolute atomic E-state index is 0.0799. The normalized spacial score (nSPS) is 17.1. The van der Waals surface area contributed by atoms with Crippen molar-refractivity contribution in [3.8, 4) is 5.75 Å². The zero-order chi connectivity index (χ0) is 24.6. The molecule has 0 bridgehead atoms. The fourth-order valence-corrected chi connectivity index (χ4v) is 3.71. The maximum Gasteiger partial charge on any atom is 0.547 e. The lowest BCUT2D eigenvalue weighted by Crippen LogP contribution is -2.53. The molecule has 0 spiro atoms. The van der Waals surface area contributed by atoms with Gasteiger partial charge in [-0.25, -0.2) is 9.69 Å². The Labute approximate surface area is 190 Å². The van der Waals surface area contributed by atoms with Gasteiger partial charge in [0.05, 0.1) is 17.1 Å². The number of rotatable bonds is 5. The Morgan fingerprint density at radius 2 is 1.76 bits per heavy atom. The van der Waals surface area contributed by atoms with Crippen LogP contribution in [0, 0.1) is 0 Å². The average Bonchev–Trinajstić information content (AvgIpc) is 3.01. The minimum atomic E-state index is -4.71. The van der Waals surface area contributed by atoms with Crippen LogP contribution < -0.4 is 9.97 Å². The highest BCUT2D eigenvalue weighted by Gasteiger charge is 2.40. The highest BCUT2D eigenvalue weighted by Crippen LogP contribution is 2.31. The van der Waals surface area contributed by atoms with Gasteiger partial charge < -0.3 is 19.7 Å². The molecule has 3 amide bonds. The number of imide groups is 1. The van der Waals surface area contributed by atoms with Crippen LogP contribution in [0.4, 0.5) is 13.2 Å². The van der Waals surface area contributed by atoms with Crippen LogP contribution >= 0.6 is 0 Å². The second-order valence-electron chi connectivity index (χ2n) is 7.62. The fraction of sp³-hybridized carbons (Fsp3) is 0.238. The van der Waals surface area contributed by atoms with Crippen LogP contribution in [0.2, 0.25) is 0 Å². The summed E-state index contributed by atoms with van der Waals surface area (Å²) in [4.78, 5) is 49.8. The van der Waals surface area contributed by atoms with E-state index in [1.807, 2.05) is 0 Å². The van der Waals surface area contributed by atoms with Gasteiger partial charge in [-0.3, -0.25) is 14.4 Å². The topological polar surface area (TPSA) is 122 Å². The predicted octanol–water partition coefficient (Wildman–Crippen LogP) is 1.49. The Kier molecular flexibility index (Phi) is 6.04. The van der Waals surface area contributed by atoms with Crippen molar-refractivity contribution in [2.45, 2.75) is 25.0 Å². The summed E-state index contributed by atoms with van der Waals surface area (Å²) in [6.07, 6.45) is -6.54. The molecule has 0 unspecified atom stereocenters. The van der Waals surface area contributed by atoms with E-state index in [2.05, 4.69) is 5.32 Å². The Hall–Kier alpha value is -3.87. The Bertz CT molecular complexity index is 1150. The Morgan fingerprint density at radius 1 is 1.12 bits per heavy atom. The Balaban J connectivity index is 1.44. The Morgan fingerprint density at radius 3 is 2.38 bits per heavy atom. The van der Waals surface area contributed by atoms with E-state index < -0.39 is 56.1 Å². The summed E-state index contributed by atoms with van der Waals surface area (Å²) in [7, 11) is -1.73. The highest BCUT2D eigenvalue weighted by atomic mass is 19.4. The molecule has 2 N–H and O–H groups in total. The lowest BCUT2D eigenvalue weighted by Gasteiger charge is -2.29. The van der Waals surface area contributed by atoms with Crippen LogP contribution in [0.3, 0.4) is 0 Å². The molecular formula is C21H16BF3N2O7. The lowest BCUT2D eigenvalue weighted by molar-refractivity contribution is -0.154. The minimum Gasteiger partial charge on any atom is -0.534 e. The first-order chi connectivity index (χ1) is 16.0. The molecule has 4 rings (SSSR count). The number of ether oxygens (including phenoxy) is 1. The second-order valence-corrected chi connectivity index (χ2v) is 7.62. The second kappa shape index (κ2) is 8.82. The standard InChI is InChI=1S/C21H16BF3N2O7/c23-21(24,25)9-16(28)26-15-8-11-4-3-7-14(17(11)34-22(15)32)20(31)33-10-27-18(29)12-5-1-2-6-13(12)19(27)30/h1-7,15,32H,8-10H2,(H,26,28)/t15-/m0/s1. The first kappa shape index (κ1) is 23.3. The average molecular weight is 476 g/mol. The fourth-order valence-electron chi connectivity index (χ4n) is 3.71. The van der Waals surface area contributed by atoms with Crippen molar-refractivity contribution >= 4 is 30.8 Å². The van der Waals surface area contributed by atoms with Crippen LogP contribution in [-0.4, -0.2) is 59.6 Å². The molecule has 34 heavy (non-hydrogen) atoms. The largest absolute Gasteiger partial charge is 0.547 e. The van der Waals surface area contributed by atoms with Crippen LogP contribution in [0.1, 0.15) is 43.1 Å². The number of amides is 3. The molecular weight excluding hydrogens is 460 g/mol. The number of nitrogens with zero attached hydrogens (tertiary/aromatic N) is 1. The van der Waals surface area contributed by atoms with Gasteiger partial charge in [-0.15, -0.1) is 0 Å². The van der Waals surface area contributed by atoms with E-state index >= 15 is 0 Å². The SMILES string of the molecule is O=C(CC(F)(F)F)N[C@H]1Cc2cccc(C(=O)OCN3C(=O)c4ccccc4C3=O)c2OB1O. The van der Waals surface area contributed by atoms with E-state index in [0.717, 1.165) is 4.90 Å². The third-order valence-corrected chi connectivity index (χ3v) is 5.25. The van der Waals surface area contributed by atoms with E-state index in [4.69, 9.17) is 9.39 Å². The van der Waals surface area contributed by atoms with Crippen molar-refractivity contribution in [1.29, 1.82) is 0 Å². The summed E-state index contributed by atoms with van der Waals surface area (Å²) < 4.78 is 47.6. The molecule has 2 heterocycles. The summed E-state index contributed by atoms with van der Waals surface area (Å²) in [5, 5.41) is 12.2. The number of fused-ring (bicyclic) bond motifs is 2. The summed E-state index contributed by atoms with van der Waals surface area (Å²) in [6, 6.07) is 10.4. The molecule has 0 fully saturated rings. The molecule has 2 aromatic carbocycles. The number of hydrogen-bond donors (Lipinski definition) is 2. The zero-order valence-electron chi connectivity index (χ0n) is 17.3. The predicted molar refractivity (Wildman–Crippen MR) is 109 cm³/mol. The van der Waals surface area contributed by atoms with Gasteiger partial charge in [0, 0.05) is 0 Å². The van der Waals surface area contributed by atoms with Crippen molar-refractivity contribution < 1.29 is 46.8 Å². The quantitative estimate of drug-likeness (QED) is 0.381. The number of esters is 1. The van der Waals surface area contributed by atoms with Gasteiger partial charge in [0.25, 0.3) is 11.8 Å². The molecule has 2 aliphatic rings. The van der Waals surface area contributed by atoms with Crippen molar-refractivity contribution in [3.05, 3.63) is 64.7 Å². The van der Waals surface area contributed by atoms with E-state index in [1.54, 1.807) is 12.1 Å². The van der Waals surface area contributed by atoms with E-state index in [1.165, 1.54) is 30.3 Å². The maximum absolute atomic E-state index is 12.7. The molecule has 0 saturated carbocycles. The summed E-state index contributed by atoms with van der Waals surface area (Å²) in [6.45, 7) is -0.659. The number of carbonyl (C=O) groups is 4. The van der Waals surface area contributed by atoms with Crippen LogP contribution in [0.25, 0.3) is 0 Å². The molecule has 176 valence electrons. The molecule has 2 aromatic rings. The smallest absolute Gasteiger partial charge is 0.534 e. The number of hydrogen-bond acceptors (Lipinski definition) is 7. The zero-order valence-corrected chi connectivity index (χ0v) is 17.3. The number of benzene rings is 2. The summed E-state index contributed by atoms with van der Waals surface area (Å²) >= 11 is 0. The van der Waals surface area contributed by atoms with Crippen molar-refractivity contribution in [1.82, 2.24) is 10.2 Å². The number of nitrogens with one attached hydrogen (secondary N) is 1. The van der Waals surface area contributed by atoms with Crippen molar-refractivity contribution in [2.75, 3.05) is 6.73 Å². The molecule has 2 aliphatic heterocycles. The molecule has 0 saturated heterocycles. The van der Waals surface area contributed by atoms with Crippen LogP contribution in [0.15, 0.2) is 42.5 Å². The van der Waals surface area contributed by atoms with Gasteiger partial charge in [0.2, 0.25) is 5.91 Å². The lowest BCUT2D eigenvalue weighted by atomic mass is 9.72. The maximum atomic E-state index is 12.7. The molecule has 13 heteroatoms. The van der Waals surface area contributed by atoms with Crippen molar-refractivity contribution in [2.24, 2.45) is 0 Å². The van der Waals surface area contributed by atoms with Gasteiger partial charge in [0.1, 0.15) is 17.7 Å². The van der Waals surface area contributed by atoms with E-state index in [-0.39, 0.29) is 28.9 Å². The summed E-state index contributed by atoms with van der Waals surface area (Å²) in [5.74, 6) is -4.78. The number of carbonyl (C=O) groups excluding carboxylic acids is 4. The first-order valence-electron chi connectivity index (χ1n) is 10.00. The number of para-hydroxylation sites is 1. The number of halogens is 3. The van der Waals surface area contributed by atoms with Gasteiger partial charge in [0.15, 0.2) is 6.73 Å². The van der Waals surface area contributed by atoms with E-state index in [0.29, 0.717) is 5.56 Å². The molecule has 0 radical (unpaired) electrons. The first-order valence-corrected chi connectivity index (χ1v) is 10.00. The van der Waals surface area contributed by atoms with Gasteiger partial charge in [-0.05, 0) is 30.2 Å². The summed E-state index contributed by atoms with van der Waals surface area (Å²) in [5.41, 5.74) is 0.572. The van der Waals surface area contributed by atoms with Gasteiger partial charge in [-0.1, -0.05) is 24.3 Å². The molecule has 0 aliphatic carbocycles. The molecule has 0 aromatic heterocycles. The monoisotopic (exact) mass is 476 g/mol. The van der Waals surface area contributed by atoms with Crippen LogP contribution in [-0.2, 0) is 16.0 Å². The third-order valence-electron chi connectivity index (χ3n) is 5.25.